The Balaban J connectivity index is 1.99. The van der Waals surface area contributed by atoms with E-state index in [1.54, 1.807) is 19.9 Å². The van der Waals surface area contributed by atoms with Crippen LogP contribution in [0, 0.1) is 5.92 Å². The molecule has 8 nitrogen and oxygen atoms in total. The summed E-state index contributed by atoms with van der Waals surface area (Å²) in [6.45, 7) is 9.95. The Morgan fingerprint density at radius 2 is 2.00 bits per heavy atom. The molecule has 1 saturated heterocycles. The zero-order valence-corrected chi connectivity index (χ0v) is 18.4. The fraction of sp³-hybridized carbons (Fsp3) is 0.765. The van der Waals surface area contributed by atoms with Gasteiger partial charge in [-0.3, -0.25) is 14.3 Å². The van der Waals surface area contributed by atoms with Crippen LogP contribution in [0.3, 0.4) is 0 Å². The lowest BCUT2D eigenvalue weighted by Gasteiger charge is -2.24. The molecule has 1 N–H and O–H groups in total. The van der Waals surface area contributed by atoms with E-state index in [0.717, 1.165) is 0 Å². The zero-order chi connectivity index (χ0) is 20.6. The third-order valence-corrected chi connectivity index (χ3v) is 8.10. The Hall–Kier alpha value is -1.26. The van der Waals surface area contributed by atoms with Crippen LogP contribution >= 0.6 is 0 Å². The number of carbonyl (C=O) groups is 1. The number of anilines is 1. The molecule has 1 aromatic rings. The van der Waals surface area contributed by atoms with Gasteiger partial charge < -0.3 is 4.52 Å². The van der Waals surface area contributed by atoms with E-state index in [9.17, 15) is 17.4 Å². The van der Waals surface area contributed by atoms with Gasteiger partial charge in [0.2, 0.25) is 21.8 Å². The van der Waals surface area contributed by atoms with Crippen molar-refractivity contribution in [2.45, 2.75) is 51.2 Å². The molecule has 10 heteroatoms. The van der Waals surface area contributed by atoms with Crippen LogP contribution in [0.15, 0.2) is 10.6 Å². The quantitative estimate of drug-likeness (QED) is 0.752. The Labute approximate surface area is 163 Å². The van der Waals surface area contributed by atoms with Crippen molar-refractivity contribution >= 4 is 32.6 Å². The van der Waals surface area contributed by atoms with Gasteiger partial charge in [0, 0.05) is 41.1 Å². The van der Waals surface area contributed by atoms with Crippen LogP contribution in [0.5, 0.6) is 0 Å². The third-order valence-electron chi connectivity index (χ3n) is 4.74. The molecule has 2 atom stereocenters. The maximum Gasteiger partial charge on any atom is 0.245 e. The average molecular weight is 420 g/mol. The van der Waals surface area contributed by atoms with Gasteiger partial charge in [-0.2, -0.15) is 0 Å². The molecule has 154 valence electrons. The van der Waals surface area contributed by atoms with Gasteiger partial charge in [-0.05, 0) is 26.2 Å². The molecule has 1 aliphatic heterocycles. The molecule has 1 aliphatic rings. The summed E-state index contributed by atoms with van der Waals surface area (Å²) in [7, 11) is -4.71. The minimum atomic E-state index is -3.24. The van der Waals surface area contributed by atoms with E-state index >= 15 is 0 Å². The monoisotopic (exact) mass is 419 g/mol. The lowest BCUT2D eigenvalue weighted by molar-refractivity contribution is -0.117. The standard InChI is InChI=1S/C17H29N3O5S2/c1-16(2,3)13-9-14(25-19-13)18-15(21)17(4,5)26(22)11-12-7-8-20(10-12)27(6,23)24/h9,12H,7-8,10-11H2,1-6H3,(H,18,21). The lowest BCUT2D eigenvalue weighted by Crippen LogP contribution is -2.43. The molecule has 0 aromatic carbocycles. The number of rotatable bonds is 6. The summed E-state index contributed by atoms with van der Waals surface area (Å²) < 4.78 is 41.5. The molecule has 0 spiro atoms. The molecule has 1 fully saturated rings. The van der Waals surface area contributed by atoms with Gasteiger partial charge in [0.15, 0.2) is 0 Å². The number of aromatic nitrogens is 1. The second kappa shape index (κ2) is 7.63. The second-order valence-electron chi connectivity index (χ2n) is 8.58. The van der Waals surface area contributed by atoms with Crippen molar-refractivity contribution in [3.63, 3.8) is 0 Å². The van der Waals surface area contributed by atoms with E-state index < -0.39 is 31.5 Å². The van der Waals surface area contributed by atoms with Crippen molar-refractivity contribution in [3.8, 4) is 0 Å². The predicted molar refractivity (Wildman–Crippen MR) is 105 cm³/mol. The van der Waals surface area contributed by atoms with Gasteiger partial charge in [0.25, 0.3) is 0 Å². The first-order valence-corrected chi connectivity index (χ1v) is 12.0. The number of hydrogen-bond donors (Lipinski definition) is 1. The molecule has 0 radical (unpaired) electrons. The summed E-state index contributed by atoms with van der Waals surface area (Å²) in [4.78, 5) is 12.6. The maximum atomic E-state index is 12.8. The second-order valence-corrected chi connectivity index (χ2v) is 12.6. The fourth-order valence-electron chi connectivity index (χ4n) is 2.71. The molecular formula is C17H29N3O5S2. The van der Waals surface area contributed by atoms with Gasteiger partial charge in [0.05, 0.1) is 11.9 Å². The molecular weight excluding hydrogens is 390 g/mol. The summed E-state index contributed by atoms with van der Waals surface area (Å²) >= 11 is 0. The van der Waals surface area contributed by atoms with E-state index in [-0.39, 0.29) is 23.0 Å². The average Bonchev–Trinajstić information content (AvgIpc) is 3.15. The highest BCUT2D eigenvalue weighted by molar-refractivity contribution is 7.88. The molecule has 0 aliphatic carbocycles. The third kappa shape index (κ3) is 5.39. The Morgan fingerprint density at radius 1 is 1.37 bits per heavy atom. The number of nitrogens with zero attached hydrogens (tertiary/aromatic N) is 2. The Morgan fingerprint density at radius 3 is 2.48 bits per heavy atom. The van der Waals surface area contributed by atoms with E-state index in [1.807, 2.05) is 20.8 Å². The molecule has 1 amide bonds. The largest absolute Gasteiger partial charge is 0.338 e. The van der Waals surface area contributed by atoms with Crippen LogP contribution in [-0.2, 0) is 31.0 Å². The Kier molecular flexibility index (Phi) is 6.23. The van der Waals surface area contributed by atoms with Crippen LogP contribution < -0.4 is 5.32 Å². The minimum absolute atomic E-state index is 0.0228. The minimum Gasteiger partial charge on any atom is -0.338 e. The van der Waals surface area contributed by atoms with E-state index in [0.29, 0.717) is 25.2 Å². The normalized spacial score (nSPS) is 20.6. The van der Waals surface area contributed by atoms with Crippen molar-refractivity contribution in [1.29, 1.82) is 0 Å². The number of amides is 1. The number of carbonyl (C=O) groups excluding carboxylic acids is 1. The highest BCUT2D eigenvalue weighted by atomic mass is 32.2. The highest BCUT2D eigenvalue weighted by Crippen LogP contribution is 2.26. The summed E-state index contributed by atoms with van der Waals surface area (Å²) in [6.07, 6.45) is 1.82. The van der Waals surface area contributed by atoms with Gasteiger partial charge >= 0.3 is 0 Å². The SMILES string of the molecule is CC(C)(C)c1cc(NC(=O)C(C)(C)S(=O)CC2CCN(S(C)(=O)=O)C2)on1. The van der Waals surface area contributed by atoms with E-state index in [2.05, 4.69) is 10.5 Å². The molecule has 2 rings (SSSR count). The summed E-state index contributed by atoms with van der Waals surface area (Å²) in [5.41, 5.74) is 0.502. The summed E-state index contributed by atoms with van der Waals surface area (Å²) in [5, 5.41) is 6.60. The smallest absolute Gasteiger partial charge is 0.245 e. The van der Waals surface area contributed by atoms with Crippen LogP contribution in [0.2, 0.25) is 0 Å². The lowest BCUT2D eigenvalue weighted by atomic mass is 9.92. The van der Waals surface area contributed by atoms with Gasteiger partial charge in [-0.25, -0.2) is 12.7 Å². The van der Waals surface area contributed by atoms with E-state index in [4.69, 9.17) is 4.52 Å². The van der Waals surface area contributed by atoms with E-state index in [1.165, 1.54) is 10.6 Å². The maximum absolute atomic E-state index is 12.8. The highest BCUT2D eigenvalue weighted by Gasteiger charge is 2.38. The Bertz CT molecular complexity index is 824. The van der Waals surface area contributed by atoms with Crippen LogP contribution in [0.1, 0.15) is 46.7 Å². The van der Waals surface area contributed by atoms with Crippen LogP contribution in [0.25, 0.3) is 0 Å². The van der Waals surface area contributed by atoms with Crippen molar-refractivity contribution in [3.05, 3.63) is 11.8 Å². The van der Waals surface area contributed by atoms with Crippen molar-refractivity contribution < 1.29 is 21.9 Å². The fourth-order valence-corrected chi connectivity index (χ4v) is 5.00. The molecule has 2 unspecified atom stereocenters. The molecule has 0 saturated carbocycles. The summed E-state index contributed by atoms with van der Waals surface area (Å²) in [5.74, 6) is 0.0516. The zero-order valence-electron chi connectivity index (χ0n) is 16.7. The summed E-state index contributed by atoms with van der Waals surface area (Å²) in [6, 6.07) is 1.66. The first-order chi connectivity index (χ1) is 12.2. The van der Waals surface area contributed by atoms with Crippen molar-refractivity contribution in [1.82, 2.24) is 9.46 Å². The molecule has 27 heavy (non-hydrogen) atoms. The van der Waals surface area contributed by atoms with Gasteiger partial charge in [0.1, 0.15) is 4.75 Å². The molecule has 0 bridgehead atoms. The number of nitrogens with one attached hydrogen (secondary N) is 1. The predicted octanol–water partition coefficient (Wildman–Crippen LogP) is 1.72. The van der Waals surface area contributed by atoms with Crippen LogP contribution in [0.4, 0.5) is 5.88 Å². The van der Waals surface area contributed by atoms with Crippen molar-refractivity contribution in [2.75, 3.05) is 30.4 Å². The van der Waals surface area contributed by atoms with Gasteiger partial charge in [-0.1, -0.05) is 25.9 Å². The van der Waals surface area contributed by atoms with Crippen molar-refractivity contribution in [2.24, 2.45) is 5.92 Å². The first-order valence-electron chi connectivity index (χ1n) is 8.83. The van der Waals surface area contributed by atoms with Gasteiger partial charge in [-0.15, -0.1) is 0 Å². The van der Waals surface area contributed by atoms with Crippen LogP contribution in [-0.4, -0.2) is 57.8 Å². The number of hydrogen-bond acceptors (Lipinski definition) is 6. The number of sulfonamides is 1. The molecule has 1 aromatic heterocycles. The molecule has 2 heterocycles. The topological polar surface area (TPSA) is 110 Å². The first kappa shape index (κ1) is 22.0.